The van der Waals surface area contributed by atoms with Crippen LogP contribution < -0.4 is 14.8 Å². The van der Waals surface area contributed by atoms with Crippen LogP contribution in [0.4, 0.5) is 5.69 Å². The van der Waals surface area contributed by atoms with Gasteiger partial charge < -0.3 is 19.2 Å². The zero-order valence-corrected chi connectivity index (χ0v) is 32.2. The van der Waals surface area contributed by atoms with Crippen molar-refractivity contribution in [2.75, 3.05) is 30.3 Å². The summed E-state index contributed by atoms with van der Waals surface area (Å²) in [5, 5.41) is 16.1. The number of aromatic carboxylic acids is 1. The van der Waals surface area contributed by atoms with Crippen molar-refractivity contribution in [3.8, 4) is 5.75 Å². The number of benzene rings is 2. The maximum atomic E-state index is 12.1. The smallest absolute Gasteiger partial charge is 0.335 e. The molecule has 268 valence electrons. The summed E-state index contributed by atoms with van der Waals surface area (Å²) in [6.45, 7) is 13.4. The van der Waals surface area contributed by atoms with Crippen molar-refractivity contribution in [2.45, 2.75) is 95.4 Å². The third-order valence-electron chi connectivity index (χ3n) is 12.3. The van der Waals surface area contributed by atoms with Crippen LogP contribution in [0.3, 0.4) is 0 Å². The third-order valence-corrected chi connectivity index (χ3v) is 17.9. The van der Waals surface area contributed by atoms with E-state index in [1.165, 1.54) is 11.1 Å². The number of halogens is 1. The lowest BCUT2D eigenvalue weighted by Gasteiger charge is -2.48. The van der Waals surface area contributed by atoms with E-state index in [0.29, 0.717) is 12.5 Å². The van der Waals surface area contributed by atoms with Gasteiger partial charge in [-0.05, 0) is 128 Å². The van der Waals surface area contributed by atoms with Gasteiger partial charge in [-0.2, -0.15) is 0 Å². The molecule has 0 aromatic heterocycles. The van der Waals surface area contributed by atoms with Gasteiger partial charge in [0.1, 0.15) is 5.75 Å². The molecule has 4 aliphatic rings. The zero-order valence-electron chi connectivity index (χ0n) is 29.6. The van der Waals surface area contributed by atoms with Gasteiger partial charge in [-0.15, -0.1) is 0 Å². The molecule has 2 aromatic rings. The molecule has 1 aliphatic heterocycles. The molecule has 3 N–H and O–H groups in total. The number of hydrogen-bond acceptors (Lipinski definition) is 6. The van der Waals surface area contributed by atoms with E-state index < -0.39 is 24.3 Å². The number of primary sulfonamides is 1. The van der Waals surface area contributed by atoms with E-state index >= 15 is 0 Å². The minimum absolute atomic E-state index is 0.0215. The fraction of sp³-hybridized carbons (Fsp3) is 0.605. The minimum Gasteiger partial charge on any atom is -0.490 e. The van der Waals surface area contributed by atoms with Gasteiger partial charge >= 0.3 is 5.97 Å². The Morgan fingerprint density at radius 1 is 1.16 bits per heavy atom. The molecule has 2 aromatic carbocycles. The maximum absolute atomic E-state index is 12.1. The number of nitrogens with two attached hydrogens (primary N) is 1. The van der Waals surface area contributed by atoms with Gasteiger partial charge in [0.25, 0.3) is 0 Å². The predicted octanol–water partition coefficient (Wildman–Crippen LogP) is 7.80. The number of anilines is 1. The largest absolute Gasteiger partial charge is 0.490 e. The van der Waals surface area contributed by atoms with Crippen molar-refractivity contribution in [1.29, 1.82) is 0 Å². The lowest BCUT2D eigenvalue weighted by molar-refractivity contribution is 0.0519. The highest BCUT2D eigenvalue weighted by Gasteiger charge is 2.47. The molecule has 1 spiro atoms. The number of allylic oxidation sites excluding steroid dienone is 1. The number of rotatable bonds is 10. The normalized spacial score (nSPS) is 27.8. The van der Waals surface area contributed by atoms with Gasteiger partial charge in [-0.25, -0.2) is 18.4 Å². The molecule has 2 fully saturated rings. The molecule has 6 rings (SSSR count). The first kappa shape index (κ1) is 36.4. The summed E-state index contributed by atoms with van der Waals surface area (Å²) < 4.78 is 37.5. The quantitative estimate of drug-likeness (QED) is 0.189. The molecule has 8 nitrogen and oxygen atoms in total. The number of nitrogens with zero attached hydrogens (tertiary/aromatic N) is 1. The Kier molecular flexibility index (Phi) is 10.1. The van der Waals surface area contributed by atoms with Gasteiger partial charge in [0, 0.05) is 23.5 Å². The van der Waals surface area contributed by atoms with Crippen LogP contribution in [0.25, 0.3) is 0 Å². The van der Waals surface area contributed by atoms with Gasteiger partial charge in [0.15, 0.2) is 8.32 Å². The molecule has 0 bridgehead atoms. The Bertz CT molecular complexity index is 1710. The first-order chi connectivity index (χ1) is 22.9. The summed E-state index contributed by atoms with van der Waals surface area (Å²) in [6, 6.07) is 11.5. The van der Waals surface area contributed by atoms with Crippen molar-refractivity contribution in [1.82, 2.24) is 0 Å². The highest BCUT2D eigenvalue weighted by atomic mass is 35.5. The van der Waals surface area contributed by atoms with Crippen molar-refractivity contribution < 1.29 is 27.5 Å². The van der Waals surface area contributed by atoms with E-state index in [1.807, 2.05) is 12.1 Å². The molecule has 11 heteroatoms. The Morgan fingerprint density at radius 2 is 1.92 bits per heavy atom. The summed E-state index contributed by atoms with van der Waals surface area (Å²) in [4.78, 5) is 14.5. The van der Waals surface area contributed by atoms with Gasteiger partial charge in [-0.1, -0.05) is 50.6 Å². The monoisotopic (exact) mass is 728 g/mol. The minimum atomic E-state index is -3.52. The predicted molar refractivity (Wildman–Crippen MR) is 199 cm³/mol. The van der Waals surface area contributed by atoms with Crippen LogP contribution in [0, 0.1) is 23.7 Å². The second-order valence-electron chi connectivity index (χ2n) is 16.7. The molecule has 0 unspecified atom stereocenters. The second-order valence-corrected chi connectivity index (χ2v) is 23.5. The van der Waals surface area contributed by atoms with Crippen LogP contribution >= 0.6 is 11.6 Å². The number of carboxylic acids is 1. The van der Waals surface area contributed by atoms with Crippen molar-refractivity contribution >= 4 is 41.6 Å². The standard InChI is InChI=1S/C38H53ClN2O6SSi/c1-37(2,3)49(4,5)47-34(16-11-25-8-9-29(25)22-48(40,44)45)31-14-10-28(31)21-41-23-38(18-6-7-26-19-30(39)13-15-32(26)38)24-46-35-17-12-27(36(42)43)20-33(35)41/h11-13,15-17,19-20,25,28-29,31,34H,6-10,14,18,21-24H2,1-5H3,(H,42,43)(H2,40,44,45)/b16-11-/t25-,28+,29-,31-,34+,38+/m1/s1. The van der Waals surface area contributed by atoms with Crippen LogP contribution in [0.5, 0.6) is 5.75 Å². The van der Waals surface area contributed by atoms with E-state index in [2.05, 4.69) is 63.0 Å². The van der Waals surface area contributed by atoms with Crippen LogP contribution in [-0.4, -0.2) is 59.4 Å². The molecular formula is C38H53ClN2O6SSi. The molecule has 0 radical (unpaired) electrons. The van der Waals surface area contributed by atoms with Crippen LogP contribution in [0.1, 0.15) is 80.8 Å². The third kappa shape index (κ3) is 7.78. The van der Waals surface area contributed by atoms with E-state index in [9.17, 15) is 18.3 Å². The SMILES string of the molecule is CC(C)(C)[Si](C)(C)O[C@@H](/C=C\[C@H]1CC[C@@H]1CS(N)(=O)=O)[C@@H]1CC[C@H]1CN1C[C@@]2(CCCc3cc(Cl)ccc32)COc2ccc(C(=O)O)cc21. The van der Waals surface area contributed by atoms with Crippen molar-refractivity contribution in [3.05, 3.63) is 70.3 Å². The molecule has 49 heavy (non-hydrogen) atoms. The molecule has 1 heterocycles. The summed E-state index contributed by atoms with van der Waals surface area (Å²) in [5.74, 6) is 0.638. The highest BCUT2D eigenvalue weighted by molar-refractivity contribution is 7.89. The Balaban J connectivity index is 1.31. The van der Waals surface area contributed by atoms with Crippen molar-refractivity contribution in [3.63, 3.8) is 0 Å². The maximum Gasteiger partial charge on any atom is 0.335 e. The van der Waals surface area contributed by atoms with E-state index in [-0.39, 0.29) is 45.6 Å². The van der Waals surface area contributed by atoms with Crippen LogP contribution in [-0.2, 0) is 26.3 Å². The first-order valence-electron chi connectivity index (χ1n) is 17.9. The molecule has 3 aliphatic carbocycles. The Hall–Kier alpha value is -2.37. The fourth-order valence-electron chi connectivity index (χ4n) is 8.18. The molecule has 2 saturated carbocycles. The molecular weight excluding hydrogens is 676 g/mol. The lowest BCUT2D eigenvalue weighted by Crippen LogP contribution is -2.52. The molecule has 6 atom stereocenters. The number of carbonyl (C=O) groups is 1. The Labute approximate surface area is 298 Å². The van der Waals surface area contributed by atoms with Gasteiger partial charge in [0.05, 0.1) is 29.7 Å². The second kappa shape index (κ2) is 13.6. The van der Waals surface area contributed by atoms with Crippen LogP contribution in [0.2, 0.25) is 23.2 Å². The average molecular weight is 729 g/mol. The summed E-state index contributed by atoms with van der Waals surface area (Å²) in [5.41, 5.74) is 3.38. The number of hydrogen-bond donors (Lipinski definition) is 2. The topological polar surface area (TPSA) is 119 Å². The zero-order chi connectivity index (χ0) is 35.4. The lowest BCUT2D eigenvalue weighted by atomic mass is 9.68. The number of fused-ring (bicyclic) bond motifs is 3. The van der Waals surface area contributed by atoms with E-state index in [0.717, 1.165) is 74.5 Å². The number of carboxylic acid groups (broad SMARTS) is 1. The van der Waals surface area contributed by atoms with E-state index in [4.69, 9.17) is 25.9 Å². The molecule has 0 amide bonds. The highest BCUT2D eigenvalue weighted by Crippen LogP contribution is 2.48. The number of sulfonamides is 1. The molecule has 0 saturated heterocycles. The first-order valence-corrected chi connectivity index (χ1v) is 22.9. The summed E-state index contributed by atoms with van der Waals surface area (Å²) >= 11 is 6.45. The fourth-order valence-corrected chi connectivity index (χ4v) is 10.7. The van der Waals surface area contributed by atoms with Gasteiger partial charge in [-0.3, -0.25) is 0 Å². The Morgan fingerprint density at radius 3 is 2.55 bits per heavy atom. The van der Waals surface area contributed by atoms with Crippen molar-refractivity contribution in [2.24, 2.45) is 28.8 Å². The number of aryl methyl sites for hydroxylation is 1. The number of ether oxygens (including phenoxy) is 1. The summed E-state index contributed by atoms with van der Waals surface area (Å²) in [6.07, 6.45) is 11.3. The van der Waals surface area contributed by atoms with Crippen LogP contribution in [0.15, 0.2) is 48.6 Å². The van der Waals surface area contributed by atoms with E-state index in [1.54, 1.807) is 12.1 Å². The average Bonchev–Trinajstić information content (AvgIpc) is 3.13. The van der Waals surface area contributed by atoms with Gasteiger partial charge in [0.2, 0.25) is 10.0 Å². The summed E-state index contributed by atoms with van der Waals surface area (Å²) in [7, 11) is -5.68.